The molecule has 1 aliphatic rings. The first-order valence-corrected chi connectivity index (χ1v) is 9.83. The van der Waals surface area contributed by atoms with E-state index in [1.807, 2.05) is 0 Å². The molecule has 0 aliphatic carbocycles. The van der Waals surface area contributed by atoms with Crippen molar-refractivity contribution in [2.45, 2.75) is 11.8 Å². The first-order chi connectivity index (χ1) is 12.8. The molecule has 0 saturated heterocycles. The van der Waals surface area contributed by atoms with E-state index in [0.717, 1.165) is 5.56 Å². The Balaban J connectivity index is 1.52. The average Bonchev–Trinajstić information content (AvgIpc) is 2.83. The molecule has 7 nitrogen and oxygen atoms in total. The second-order valence-corrected chi connectivity index (χ2v) is 8.04. The van der Waals surface area contributed by atoms with Gasteiger partial charge in [0.15, 0.2) is 6.61 Å². The van der Waals surface area contributed by atoms with Gasteiger partial charge in [0.1, 0.15) is 17.3 Å². The van der Waals surface area contributed by atoms with Crippen molar-refractivity contribution in [3.05, 3.63) is 58.6 Å². The minimum atomic E-state index is -3.91. The summed E-state index contributed by atoms with van der Waals surface area (Å²) >= 11 is 5.91. The predicted octanol–water partition coefficient (Wildman–Crippen LogP) is 2.42. The Hall–Kier alpha value is -2.58. The summed E-state index contributed by atoms with van der Waals surface area (Å²) in [4.78, 5) is 24.0. The zero-order valence-electron chi connectivity index (χ0n) is 14.3. The van der Waals surface area contributed by atoms with Crippen LogP contribution in [0, 0.1) is 6.92 Å². The largest absolute Gasteiger partial charge is 0.482 e. The van der Waals surface area contributed by atoms with Gasteiger partial charge in [-0.2, -0.15) is 0 Å². The summed E-state index contributed by atoms with van der Waals surface area (Å²) in [7, 11) is -3.91. The lowest BCUT2D eigenvalue weighted by Gasteiger charge is -2.15. The number of esters is 1. The monoisotopic (exact) mass is 409 g/mol. The third-order valence-electron chi connectivity index (χ3n) is 3.96. The van der Waals surface area contributed by atoms with Crippen LogP contribution in [-0.4, -0.2) is 44.4 Å². The van der Waals surface area contributed by atoms with E-state index in [4.69, 9.17) is 21.1 Å². The Morgan fingerprint density at radius 3 is 2.63 bits per heavy atom. The quantitative estimate of drug-likeness (QED) is 0.680. The van der Waals surface area contributed by atoms with Gasteiger partial charge in [0.2, 0.25) is 0 Å². The van der Waals surface area contributed by atoms with E-state index < -0.39 is 21.9 Å². The summed E-state index contributed by atoms with van der Waals surface area (Å²) in [5.74, 6) is -0.847. The topological polar surface area (TPSA) is 90.0 Å². The number of aryl methyl sites for hydroxylation is 1. The van der Waals surface area contributed by atoms with Gasteiger partial charge in [0, 0.05) is 5.02 Å². The molecule has 27 heavy (non-hydrogen) atoms. The molecule has 2 aromatic carbocycles. The van der Waals surface area contributed by atoms with E-state index >= 15 is 0 Å². The zero-order chi connectivity index (χ0) is 19.6. The lowest BCUT2D eigenvalue weighted by molar-refractivity contribution is -0.146. The number of carbonyl (C=O) groups excluding carboxylic acids is 2. The predicted molar refractivity (Wildman–Crippen MR) is 97.3 cm³/mol. The summed E-state index contributed by atoms with van der Waals surface area (Å²) in [5, 5.41) is 0.586. The van der Waals surface area contributed by atoms with Crippen LogP contribution in [0.5, 0.6) is 5.75 Å². The molecule has 0 unspecified atom stereocenters. The van der Waals surface area contributed by atoms with Crippen LogP contribution in [0.15, 0.2) is 47.4 Å². The molecule has 0 spiro atoms. The Morgan fingerprint density at radius 1 is 1.19 bits per heavy atom. The van der Waals surface area contributed by atoms with Gasteiger partial charge < -0.3 is 9.47 Å². The number of nitrogens with zero attached hydrogens (tertiary/aromatic N) is 1. The van der Waals surface area contributed by atoms with E-state index in [-0.39, 0.29) is 30.2 Å². The third kappa shape index (κ3) is 3.91. The first kappa shape index (κ1) is 19.2. The van der Waals surface area contributed by atoms with E-state index in [0.29, 0.717) is 15.1 Å². The smallest absolute Gasteiger partial charge is 0.344 e. The van der Waals surface area contributed by atoms with Crippen molar-refractivity contribution in [2.75, 3.05) is 19.8 Å². The fourth-order valence-corrected chi connectivity index (χ4v) is 4.26. The molecule has 0 atom stereocenters. The molecule has 0 saturated carbocycles. The molecule has 0 aromatic heterocycles. The molecule has 142 valence electrons. The second-order valence-electron chi connectivity index (χ2n) is 5.80. The first-order valence-electron chi connectivity index (χ1n) is 8.01. The molecule has 1 aliphatic heterocycles. The Labute approximate surface area is 161 Å². The standard InChI is InChI=1S/C18H16ClNO6S/c1-12-10-13(6-7-15(12)19)26-11-17(21)25-9-8-20-18(22)14-4-2-3-5-16(14)27(20,23)24/h2-7,10H,8-9,11H2,1H3. The molecule has 0 bridgehead atoms. The van der Waals surface area contributed by atoms with Crippen molar-refractivity contribution < 1.29 is 27.5 Å². The highest BCUT2D eigenvalue weighted by atomic mass is 35.5. The fraction of sp³-hybridized carbons (Fsp3) is 0.222. The molecular formula is C18H16ClNO6S. The second kappa shape index (κ2) is 7.58. The lowest BCUT2D eigenvalue weighted by atomic mass is 10.2. The van der Waals surface area contributed by atoms with Crippen LogP contribution in [0.2, 0.25) is 5.02 Å². The molecular weight excluding hydrogens is 394 g/mol. The highest BCUT2D eigenvalue weighted by molar-refractivity contribution is 7.90. The normalized spacial score (nSPS) is 14.7. The van der Waals surface area contributed by atoms with Crippen molar-refractivity contribution in [1.29, 1.82) is 0 Å². The zero-order valence-corrected chi connectivity index (χ0v) is 15.9. The lowest BCUT2D eigenvalue weighted by Crippen LogP contribution is -2.34. The fourth-order valence-electron chi connectivity index (χ4n) is 2.59. The Bertz CT molecular complexity index is 1000. The van der Waals surface area contributed by atoms with E-state index in [1.165, 1.54) is 12.1 Å². The number of hydrogen-bond acceptors (Lipinski definition) is 6. The Morgan fingerprint density at radius 2 is 1.93 bits per heavy atom. The summed E-state index contributed by atoms with van der Waals surface area (Å²) < 4.78 is 35.7. The van der Waals surface area contributed by atoms with Crippen LogP contribution >= 0.6 is 11.6 Å². The number of rotatable bonds is 6. The van der Waals surface area contributed by atoms with Crippen molar-refractivity contribution in [3.63, 3.8) is 0 Å². The maximum absolute atomic E-state index is 12.4. The summed E-state index contributed by atoms with van der Waals surface area (Å²) in [6.07, 6.45) is 0. The number of halogens is 1. The minimum Gasteiger partial charge on any atom is -0.482 e. The van der Waals surface area contributed by atoms with Gasteiger partial charge in [-0.15, -0.1) is 0 Å². The van der Waals surface area contributed by atoms with Crippen LogP contribution in [0.3, 0.4) is 0 Å². The van der Waals surface area contributed by atoms with Crippen molar-refractivity contribution in [2.24, 2.45) is 0 Å². The third-order valence-corrected chi connectivity index (χ3v) is 6.22. The molecule has 9 heteroatoms. The molecule has 0 radical (unpaired) electrons. The van der Waals surface area contributed by atoms with Gasteiger partial charge in [-0.1, -0.05) is 23.7 Å². The molecule has 1 amide bonds. The average molecular weight is 410 g/mol. The molecule has 1 heterocycles. The van der Waals surface area contributed by atoms with Crippen LogP contribution in [0.25, 0.3) is 0 Å². The Kier molecular flexibility index (Phi) is 5.38. The minimum absolute atomic E-state index is 0.0391. The van der Waals surface area contributed by atoms with Crippen LogP contribution in [0.1, 0.15) is 15.9 Å². The molecule has 3 rings (SSSR count). The molecule has 0 fully saturated rings. The summed E-state index contributed by atoms with van der Waals surface area (Å²) in [5.41, 5.74) is 0.921. The van der Waals surface area contributed by atoms with E-state index in [2.05, 4.69) is 0 Å². The van der Waals surface area contributed by atoms with Crippen LogP contribution in [0.4, 0.5) is 0 Å². The van der Waals surface area contributed by atoms with Crippen LogP contribution in [-0.2, 0) is 19.6 Å². The number of benzene rings is 2. The van der Waals surface area contributed by atoms with Crippen molar-refractivity contribution in [1.82, 2.24) is 4.31 Å². The van der Waals surface area contributed by atoms with Gasteiger partial charge in [0.25, 0.3) is 15.9 Å². The SMILES string of the molecule is Cc1cc(OCC(=O)OCCN2C(=O)c3ccccc3S2(=O)=O)ccc1Cl. The van der Waals surface area contributed by atoms with Gasteiger partial charge in [0.05, 0.1) is 12.1 Å². The van der Waals surface area contributed by atoms with E-state index in [1.54, 1.807) is 37.3 Å². The van der Waals surface area contributed by atoms with Gasteiger partial charge >= 0.3 is 5.97 Å². The molecule has 0 N–H and O–H groups in total. The van der Waals surface area contributed by atoms with Gasteiger partial charge in [-0.25, -0.2) is 17.5 Å². The summed E-state index contributed by atoms with van der Waals surface area (Å²) in [6, 6.07) is 10.9. The van der Waals surface area contributed by atoms with E-state index in [9.17, 15) is 18.0 Å². The van der Waals surface area contributed by atoms with Crippen molar-refractivity contribution in [3.8, 4) is 5.75 Å². The van der Waals surface area contributed by atoms with Crippen molar-refractivity contribution >= 4 is 33.5 Å². The van der Waals surface area contributed by atoms with Crippen LogP contribution < -0.4 is 4.74 Å². The number of sulfonamides is 1. The number of carbonyl (C=O) groups is 2. The van der Waals surface area contributed by atoms with Gasteiger partial charge in [-0.3, -0.25) is 4.79 Å². The maximum atomic E-state index is 12.4. The molecule has 2 aromatic rings. The number of fused-ring (bicyclic) bond motifs is 1. The number of hydrogen-bond donors (Lipinski definition) is 0. The van der Waals surface area contributed by atoms with Gasteiger partial charge in [-0.05, 0) is 42.8 Å². The number of amides is 1. The number of ether oxygens (including phenoxy) is 2. The highest BCUT2D eigenvalue weighted by Gasteiger charge is 2.40. The maximum Gasteiger partial charge on any atom is 0.344 e. The highest BCUT2D eigenvalue weighted by Crippen LogP contribution is 2.29. The summed E-state index contributed by atoms with van der Waals surface area (Å²) in [6.45, 7) is 0.934.